The number of urea groups is 1. The molecule has 4 amide bonds. The van der Waals surface area contributed by atoms with Crippen LogP contribution < -0.4 is 20.9 Å². The van der Waals surface area contributed by atoms with E-state index in [2.05, 4.69) is 25.9 Å². The van der Waals surface area contributed by atoms with Crippen LogP contribution in [-0.2, 0) is 9.59 Å². The summed E-state index contributed by atoms with van der Waals surface area (Å²) in [7, 11) is 0. The number of carbonyl (C=O) groups is 3. The van der Waals surface area contributed by atoms with Crippen molar-refractivity contribution < 1.29 is 14.4 Å². The maximum absolute atomic E-state index is 12.8. The molecule has 0 radical (unpaired) electrons. The zero-order valence-electron chi connectivity index (χ0n) is 16.0. The van der Waals surface area contributed by atoms with Gasteiger partial charge in [-0.25, -0.2) is 19.7 Å². The lowest BCUT2D eigenvalue weighted by Crippen LogP contribution is -2.38. The summed E-state index contributed by atoms with van der Waals surface area (Å²) in [5.74, 6) is -0.303. The maximum Gasteiger partial charge on any atom is 0.329 e. The Labute approximate surface area is 172 Å². The number of rotatable bonds is 7. The first kappa shape index (κ1) is 19.3. The van der Waals surface area contributed by atoms with Crippen molar-refractivity contribution >= 4 is 40.3 Å². The van der Waals surface area contributed by atoms with E-state index < -0.39 is 18.0 Å². The number of fused-ring (bicyclic) bond motifs is 1. The van der Waals surface area contributed by atoms with Crippen molar-refractivity contribution in [1.82, 2.24) is 20.6 Å². The van der Waals surface area contributed by atoms with Crippen LogP contribution in [0.5, 0.6) is 0 Å². The summed E-state index contributed by atoms with van der Waals surface area (Å²) >= 11 is 0. The normalized spacial score (nSPS) is 15.9. The smallest absolute Gasteiger partial charge is 0.329 e. The lowest BCUT2D eigenvalue weighted by molar-refractivity contribution is -0.125. The molecular weight excluding hydrogens is 384 g/mol. The minimum Gasteiger partial charge on any atom is -0.354 e. The van der Waals surface area contributed by atoms with Gasteiger partial charge in [0.15, 0.2) is 0 Å². The van der Waals surface area contributed by atoms with Gasteiger partial charge in [-0.3, -0.25) is 9.59 Å². The molecule has 152 valence electrons. The number of nitrogens with one attached hydrogen (secondary N) is 3. The van der Waals surface area contributed by atoms with E-state index in [1.807, 2.05) is 30.3 Å². The Balaban J connectivity index is 1.35. The standard InChI is InChI=1S/C21H20N6O3/c28-18(22-11-12-25-20-23-9-4-10-24-20)13-16-19(29)27(21(30)26-16)17-8-3-6-14-5-1-2-7-15(14)17/h1-10,16H,11-13H2,(H,22,28)(H,26,30)(H,23,24,25)/t16-/m1/s1. The summed E-state index contributed by atoms with van der Waals surface area (Å²) in [5.41, 5.74) is 0.505. The molecule has 30 heavy (non-hydrogen) atoms. The Morgan fingerprint density at radius 1 is 1.00 bits per heavy atom. The molecule has 1 saturated heterocycles. The van der Waals surface area contributed by atoms with Gasteiger partial charge in [0.1, 0.15) is 6.04 Å². The Bertz CT molecular complexity index is 1080. The lowest BCUT2D eigenvalue weighted by Gasteiger charge is -2.15. The molecule has 0 bridgehead atoms. The molecule has 3 N–H and O–H groups in total. The number of carbonyl (C=O) groups excluding carboxylic acids is 3. The van der Waals surface area contributed by atoms with Gasteiger partial charge in [0.25, 0.3) is 5.91 Å². The van der Waals surface area contributed by atoms with Crippen LogP contribution in [-0.4, -0.2) is 46.9 Å². The fourth-order valence-corrected chi connectivity index (χ4v) is 3.33. The highest BCUT2D eigenvalue weighted by molar-refractivity contribution is 6.24. The number of nitrogens with zero attached hydrogens (tertiary/aromatic N) is 3. The van der Waals surface area contributed by atoms with Gasteiger partial charge in [-0.15, -0.1) is 0 Å². The summed E-state index contributed by atoms with van der Waals surface area (Å²) < 4.78 is 0. The van der Waals surface area contributed by atoms with Gasteiger partial charge in [-0.2, -0.15) is 0 Å². The molecule has 0 spiro atoms. The summed E-state index contributed by atoms with van der Waals surface area (Å²) in [6.45, 7) is 0.766. The van der Waals surface area contributed by atoms with Crippen LogP contribution in [0.25, 0.3) is 10.8 Å². The van der Waals surface area contributed by atoms with E-state index in [1.54, 1.807) is 30.6 Å². The van der Waals surface area contributed by atoms with Crippen LogP contribution in [0.1, 0.15) is 6.42 Å². The van der Waals surface area contributed by atoms with Crippen LogP contribution in [0.15, 0.2) is 60.9 Å². The molecule has 0 saturated carbocycles. The molecule has 1 atom stereocenters. The third kappa shape index (κ3) is 4.04. The van der Waals surface area contributed by atoms with Gasteiger partial charge in [-0.1, -0.05) is 36.4 Å². The monoisotopic (exact) mass is 404 g/mol. The van der Waals surface area contributed by atoms with Crippen molar-refractivity contribution in [2.75, 3.05) is 23.3 Å². The minimum absolute atomic E-state index is 0.131. The van der Waals surface area contributed by atoms with Gasteiger partial charge in [-0.05, 0) is 17.5 Å². The molecule has 9 heteroatoms. The molecule has 1 aromatic heterocycles. The average molecular weight is 404 g/mol. The number of benzene rings is 2. The van der Waals surface area contributed by atoms with Crippen molar-refractivity contribution in [2.45, 2.75) is 12.5 Å². The molecule has 4 rings (SSSR count). The van der Waals surface area contributed by atoms with E-state index in [0.717, 1.165) is 15.7 Å². The van der Waals surface area contributed by atoms with Gasteiger partial charge in [0.2, 0.25) is 11.9 Å². The topological polar surface area (TPSA) is 116 Å². The number of hydrogen-bond acceptors (Lipinski definition) is 6. The van der Waals surface area contributed by atoms with Gasteiger partial charge in [0, 0.05) is 30.9 Å². The van der Waals surface area contributed by atoms with Gasteiger partial charge >= 0.3 is 6.03 Å². The fraction of sp³-hybridized carbons (Fsp3) is 0.190. The van der Waals surface area contributed by atoms with E-state index in [9.17, 15) is 14.4 Å². The summed E-state index contributed by atoms with van der Waals surface area (Å²) in [5, 5.41) is 10.0. The highest BCUT2D eigenvalue weighted by atomic mass is 16.2. The number of hydrogen-bond donors (Lipinski definition) is 3. The van der Waals surface area contributed by atoms with E-state index in [-0.39, 0.29) is 12.3 Å². The molecule has 9 nitrogen and oxygen atoms in total. The van der Waals surface area contributed by atoms with E-state index in [1.165, 1.54) is 0 Å². The second kappa shape index (κ2) is 8.56. The van der Waals surface area contributed by atoms with Crippen molar-refractivity contribution in [3.63, 3.8) is 0 Å². The molecular formula is C21H20N6O3. The Morgan fingerprint density at radius 3 is 2.60 bits per heavy atom. The van der Waals surface area contributed by atoms with Crippen molar-refractivity contribution in [3.8, 4) is 0 Å². The van der Waals surface area contributed by atoms with Crippen LogP contribution in [0.4, 0.5) is 16.4 Å². The predicted octanol–water partition coefficient (Wildman–Crippen LogP) is 1.67. The first-order valence-electron chi connectivity index (χ1n) is 9.53. The average Bonchev–Trinajstić information content (AvgIpc) is 3.04. The minimum atomic E-state index is -0.901. The van der Waals surface area contributed by atoms with Crippen LogP contribution in [0, 0.1) is 0 Å². The zero-order valence-corrected chi connectivity index (χ0v) is 16.0. The van der Waals surface area contributed by atoms with Crippen molar-refractivity contribution in [1.29, 1.82) is 0 Å². The largest absolute Gasteiger partial charge is 0.354 e. The summed E-state index contributed by atoms with van der Waals surface area (Å²) in [6, 6.07) is 13.2. The molecule has 2 aromatic carbocycles. The third-order valence-corrected chi connectivity index (χ3v) is 4.71. The van der Waals surface area contributed by atoms with Crippen LogP contribution in [0.3, 0.4) is 0 Å². The first-order valence-corrected chi connectivity index (χ1v) is 9.53. The van der Waals surface area contributed by atoms with E-state index in [4.69, 9.17) is 0 Å². The number of imide groups is 1. The van der Waals surface area contributed by atoms with E-state index in [0.29, 0.717) is 24.7 Å². The molecule has 0 unspecified atom stereocenters. The predicted molar refractivity (Wildman–Crippen MR) is 112 cm³/mol. The quantitative estimate of drug-likeness (QED) is 0.407. The van der Waals surface area contributed by atoms with Crippen molar-refractivity contribution in [3.05, 3.63) is 60.9 Å². The van der Waals surface area contributed by atoms with E-state index >= 15 is 0 Å². The SMILES string of the molecule is O=C(C[C@H]1NC(=O)N(c2cccc3ccccc23)C1=O)NCCNc1ncccn1. The first-order chi connectivity index (χ1) is 14.6. The number of aromatic nitrogens is 2. The molecule has 1 aliphatic heterocycles. The second-order valence-electron chi connectivity index (χ2n) is 6.73. The molecule has 1 fully saturated rings. The van der Waals surface area contributed by atoms with Crippen LogP contribution >= 0.6 is 0 Å². The highest BCUT2D eigenvalue weighted by Gasteiger charge is 2.40. The molecule has 2 heterocycles. The summed E-state index contributed by atoms with van der Waals surface area (Å²) in [6.07, 6.45) is 3.10. The molecule has 1 aliphatic rings. The van der Waals surface area contributed by atoms with Crippen molar-refractivity contribution in [2.24, 2.45) is 0 Å². The Kier molecular flexibility index (Phi) is 5.51. The Morgan fingerprint density at radius 2 is 1.77 bits per heavy atom. The Hall–Kier alpha value is -4.01. The summed E-state index contributed by atoms with van der Waals surface area (Å²) in [4.78, 5) is 46.7. The maximum atomic E-state index is 12.8. The van der Waals surface area contributed by atoms with Gasteiger partial charge in [0.05, 0.1) is 12.1 Å². The lowest BCUT2D eigenvalue weighted by atomic mass is 10.1. The number of amides is 4. The van der Waals surface area contributed by atoms with Gasteiger partial charge < -0.3 is 16.0 Å². The third-order valence-electron chi connectivity index (χ3n) is 4.71. The zero-order chi connectivity index (χ0) is 20.9. The fourth-order valence-electron chi connectivity index (χ4n) is 3.33. The highest BCUT2D eigenvalue weighted by Crippen LogP contribution is 2.29. The molecule has 3 aromatic rings. The van der Waals surface area contributed by atoms with Crippen LogP contribution in [0.2, 0.25) is 0 Å². The number of anilines is 2. The molecule has 0 aliphatic carbocycles. The second-order valence-corrected chi connectivity index (χ2v) is 6.73.